The zero-order valence-electron chi connectivity index (χ0n) is 19.4. The van der Waals surface area contributed by atoms with E-state index in [0.717, 1.165) is 13.1 Å². The van der Waals surface area contributed by atoms with Crippen molar-refractivity contribution in [2.75, 3.05) is 0 Å². The molecule has 34 heavy (non-hydrogen) atoms. The molecule has 14 heteroatoms. The van der Waals surface area contributed by atoms with Crippen LogP contribution in [0.1, 0.15) is 39.5 Å². The minimum Gasteiger partial charge on any atom is -0.542 e. The SMILES string of the molecule is CCCCn1cc[n+](C)c1.CCCCn1cc[n+](C)c1.O=C([O-])C(F)(F)F.O=C([O-])C(F)(F)F. The van der Waals surface area contributed by atoms with Crippen molar-refractivity contribution in [2.24, 2.45) is 14.1 Å². The van der Waals surface area contributed by atoms with Crippen LogP contribution in [0.4, 0.5) is 26.3 Å². The molecule has 0 fully saturated rings. The third-order valence-corrected chi connectivity index (χ3v) is 3.65. The number of carbonyl (C=O) groups excluding carboxylic acids is 2. The van der Waals surface area contributed by atoms with Crippen molar-refractivity contribution < 1.29 is 55.3 Å². The topological polar surface area (TPSA) is 97.9 Å². The van der Waals surface area contributed by atoms with Crippen molar-refractivity contribution in [3.05, 3.63) is 37.4 Å². The van der Waals surface area contributed by atoms with Gasteiger partial charge in [0.25, 0.3) is 0 Å². The van der Waals surface area contributed by atoms with Crippen LogP contribution in [0.2, 0.25) is 0 Å². The molecule has 0 unspecified atom stereocenters. The van der Waals surface area contributed by atoms with Gasteiger partial charge in [-0.25, -0.2) is 18.3 Å². The molecule has 0 atom stereocenters. The molecule has 0 aromatic carbocycles. The summed E-state index contributed by atoms with van der Waals surface area (Å²) in [7, 11) is 4.09. The van der Waals surface area contributed by atoms with Gasteiger partial charge < -0.3 is 19.8 Å². The molecule has 0 aliphatic carbocycles. The molecule has 2 aromatic rings. The number of aromatic nitrogens is 4. The monoisotopic (exact) mass is 504 g/mol. The van der Waals surface area contributed by atoms with E-state index in [2.05, 4.69) is 69.6 Å². The van der Waals surface area contributed by atoms with Crippen molar-refractivity contribution in [3.63, 3.8) is 0 Å². The molecule has 0 spiro atoms. The average molecular weight is 504 g/mol. The number of rotatable bonds is 6. The predicted molar refractivity (Wildman–Crippen MR) is 103 cm³/mol. The maximum atomic E-state index is 10.5. The lowest BCUT2D eigenvalue weighted by molar-refractivity contribution is -0.671. The third-order valence-electron chi connectivity index (χ3n) is 3.65. The molecule has 0 aliphatic rings. The van der Waals surface area contributed by atoms with Crippen molar-refractivity contribution in [3.8, 4) is 0 Å². The molecular weight excluding hydrogens is 474 g/mol. The van der Waals surface area contributed by atoms with Gasteiger partial charge in [-0.2, -0.15) is 26.3 Å². The lowest BCUT2D eigenvalue weighted by Crippen LogP contribution is -2.37. The van der Waals surface area contributed by atoms with Crippen LogP contribution >= 0.6 is 0 Å². The smallest absolute Gasteiger partial charge is 0.430 e. The third kappa shape index (κ3) is 18.5. The maximum Gasteiger partial charge on any atom is 0.430 e. The van der Waals surface area contributed by atoms with Crippen LogP contribution in [0.15, 0.2) is 37.4 Å². The lowest BCUT2D eigenvalue weighted by Gasteiger charge is -2.03. The summed E-state index contributed by atoms with van der Waals surface area (Å²) in [6.45, 7) is 6.72. The summed E-state index contributed by atoms with van der Waals surface area (Å²) in [5.41, 5.74) is 0. The largest absolute Gasteiger partial charge is 0.542 e. The standard InChI is InChI=1S/2C8H15N2.2C2HF3O2/c2*1-3-4-5-10-7-6-9(2)8-10;2*3-2(4,5)1(6)7/h2*6-8H,3-5H2,1-2H3;2*(H,6,7)/q2*+1;;/p-2. The Morgan fingerprint density at radius 1 is 0.735 bits per heavy atom. The van der Waals surface area contributed by atoms with Gasteiger partial charge in [-0.3, -0.25) is 0 Å². The molecule has 0 bridgehead atoms. The summed E-state index contributed by atoms with van der Waals surface area (Å²) in [6.07, 6.45) is 7.25. The molecule has 0 N–H and O–H groups in total. The van der Waals surface area contributed by atoms with E-state index in [1.807, 2.05) is 14.1 Å². The Bertz CT molecular complexity index is 763. The van der Waals surface area contributed by atoms with Crippen molar-refractivity contribution in [2.45, 2.75) is 65.0 Å². The number of alkyl halides is 6. The van der Waals surface area contributed by atoms with Gasteiger partial charge in [0.05, 0.1) is 27.2 Å². The second-order valence-electron chi connectivity index (χ2n) is 6.91. The second-order valence-corrected chi connectivity index (χ2v) is 6.91. The Morgan fingerprint density at radius 2 is 1.00 bits per heavy atom. The number of aryl methyl sites for hydroxylation is 4. The molecule has 2 aromatic heterocycles. The first kappa shape index (κ1) is 33.1. The summed E-state index contributed by atoms with van der Waals surface area (Å²) in [4.78, 5) is 17.6. The minimum absolute atomic E-state index is 1.15. The summed E-state index contributed by atoms with van der Waals surface area (Å²) in [5.74, 6) is -6.01. The fourth-order valence-corrected chi connectivity index (χ4v) is 1.95. The number of imidazole rings is 2. The van der Waals surface area contributed by atoms with E-state index in [1.165, 1.54) is 25.7 Å². The Morgan fingerprint density at radius 3 is 1.15 bits per heavy atom. The van der Waals surface area contributed by atoms with Crippen molar-refractivity contribution in [1.82, 2.24) is 9.13 Å². The number of hydrogen-bond acceptors (Lipinski definition) is 4. The number of nitrogens with zero attached hydrogens (tertiary/aromatic N) is 4. The molecule has 0 saturated carbocycles. The highest BCUT2D eigenvalue weighted by atomic mass is 19.4. The zero-order chi connectivity index (χ0) is 26.9. The Balaban J connectivity index is 0. The second kappa shape index (κ2) is 16.5. The van der Waals surface area contributed by atoms with Crippen LogP contribution in [0.5, 0.6) is 0 Å². The average Bonchev–Trinajstić information content (AvgIpc) is 3.32. The summed E-state index contributed by atoms with van der Waals surface area (Å²) >= 11 is 0. The highest BCUT2D eigenvalue weighted by Crippen LogP contribution is 2.12. The van der Waals surface area contributed by atoms with Crippen LogP contribution in [0.25, 0.3) is 0 Å². The van der Waals surface area contributed by atoms with E-state index in [0.29, 0.717) is 0 Å². The molecule has 8 nitrogen and oxygen atoms in total. The quantitative estimate of drug-likeness (QED) is 0.430. The molecule has 0 saturated heterocycles. The number of hydrogen-bond donors (Lipinski definition) is 0. The predicted octanol–water partition coefficient (Wildman–Crippen LogP) is 0.823. The summed E-state index contributed by atoms with van der Waals surface area (Å²) < 4.78 is 71.7. The van der Waals surface area contributed by atoms with Gasteiger partial charge in [0.1, 0.15) is 36.7 Å². The van der Waals surface area contributed by atoms with Crippen LogP contribution in [0.3, 0.4) is 0 Å². The minimum atomic E-state index is -5.19. The van der Waals surface area contributed by atoms with E-state index >= 15 is 0 Å². The lowest BCUT2D eigenvalue weighted by atomic mass is 10.3. The fourth-order valence-electron chi connectivity index (χ4n) is 1.95. The number of carboxylic acids is 2. The van der Waals surface area contributed by atoms with Gasteiger partial charge in [0.2, 0.25) is 12.7 Å². The van der Waals surface area contributed by atoms with Gasteiger partial charge in [-0.1, -0.05) is 26.7 Å². The Hall–Kier alpha value is -3.06. The molecular formula is C20H30F6N4O4. The molecule has 0 radical (unpaired) electrons. The van der Waals surface area contributed by atoms with Gasteiger partial charge in [0, 0.05) is 0 Å². The Kier molecular flexibility index (Phi) is 16.1. The maximum absolute atomic E-state index is 10.5. The van der Waals surface area contributed by atoms with Gasteiger partial charge in [0.15, 0.2) is 0 Å². The van der Waals surface area contributed by atoms with Crippen LogP contribution in [0, 0.1) is 0 Å². The fraction of sp³-hybridized carbons (Fsp3) is 0.600. The summed E-state index contributed by atoms with van der Waals surface area (Å²) in [5, 5.41) is 17.6. The van der Waals surface area contributed by atoms with E-state index < -0.39 is 24.3 Å². The normalized spacial score (nSPS) is 10.6. The van der Waals surface area contributed by atoms with E-state index in [4.69, 9.17) is 19.8 Å². The molecule has 0 aliphatic heterocycles. The number of unbranched alkanes of at least 4 members (excludes halogenated alkanes) is 2. The summed E-state index contributed by atoms with van der Waals surface area (Å²) in [6, 6.07) is 0. The van der Waals surface area contributed by atoms with E-state index in [-0.39, 0.29) is 0 Å². The van der Waals surface area contributed by atoms with Crippen molar-refractivity contribution in [1.29, 1.82) is 0 Å². The van der Waals surface area contributed by atoms with E-state index in [1.54, 1.807) is 0 Å². The van der Waals surface area contributed by atoms with Crippen LogP contribution in [-0.4, -0.2) is 33.4 Å². The Labute approximate surface area is 193 Å². The first-order valence-corrected chi connectivity index (χ1v) is 10.1. The van der Waals surface area contributed by atoms with Crippen LogP contribution in [-0.2, 0) is 36.8 Å². The molecule has 0 amide bonds. The first-order chi connectivity index (χ1) is 15.5. The van der Waals surface area contributed by atoms with Gasteiger partial charge in [-0.05, 0) is 12.8 Å². The van der Waals surface area contributed by atoms with E-state index in [9.17, 15) is 26.3 Å². The van der Waals surface area contributed by atoms with Crippen molar-refractivity contribution >= 4 is 11.9 Å². The molecule has 196 valence electrons. The molecule has 2 rings (SSSR count). The highest BCUT2D eigenvalue weighted by Gasteiger charge is 2.29. The zero-order valence-corrected chi connectivity index (χ0v) is 19.4. The first-order valence-electron chi connectivity index (χ1n) is 10.1. The number of carboxylic acid groups (broad SMARTS) is 2. The van der Waals surface area contributed by atoms with Gasteiger partial charge in [-0.15, -0.1) is 0 Å². The number of aliphatic carboxylic acids is 2. The van der Waals surface area contributed by atoms with Crippen LogP contribution < -0.4 is 19.3 Å². The number of carbonyl (C=O) groups is 2. The number of halogens is 6. The highest BCUT2D eigenvalue weighted by molar-refractivity contribution is 5.71. The molecule has 2 heterocycles. The van der Waals surface area contributed by atoms with Gasteiger partial charge >= 0.3 is 12.4 Å².